The maximum atomic E-state index is 5.46. The predicted molar refractivity (Wildman–Crippen MR) is 66.5 cm³/mol. The lowest BCUT2D eigenvalue weighted by atomic mass is 9.69. The van der Waals surface area contributed by atoms with Gasteiger partial charge < -0.3 is 9.73 Å². The normalized spacial score (nSPS) is 21.9. The van der Waals surface area contributed by atoms with Gasteiger partial charge in [0.2, 0.25) is 0 Å². The van der Waals surface area contributed by atoms with Gasteiger partial charge >= 0.3 is 0 Å². The summed E-state index contributed by atoms with van der Waals surface area (Å²) in [7, 11) is 2.08. The SMILES string of the molecule is CNC(Cc1ccco1)C1(C)CCCCC1. The van der Waals surface area contributed by atoms with Crippen LogP contribution in [0.25, 0.3) is 0 Å². The average molecular weight is 221 g/mol. The first-order chi connectivity index (χ1) is 7.74. The van der Waals surface area contributed by atoms with Crippen molar-refractivity contribution in [2.24, 2.45) is 5.41 Å². The summed E-state index contributed by atoms with van der Waals surface area (Å²) in [4.78, 5) is 0. The third kappa shape index (κ3) is 2.49. The van der Waals surface area contributed by atoms with Gasteiger partial charge in [-0.05, 0) is 37.4 Å². The van der Waals surface area contributed by atoms with Crippen molar-refractivity contribution in [3.8, 4) is 0 Å². The van der Waals surface area contributed by atoms with Crippen LogP contribution >= 0.6 is 0 Å². The summed E-state index contributed by atoms with van der Waals surface area (Å²) in [5.74, 6) is 1.10. The maximum absolute atomic E-state index is 5.46. The Hall–Kier alpha value is -0.760. The molecule has 2 rings (SSSR count). The molecule has 1 atom stereocenters. The molecular weight excluding hydrogens is 198 g/mol. The fourth-order valence-corrected chi connectivity index (χ4v) is 3.03. The van der Waals surface area contributed by atoms with Gasteiger partial charge in [0.15, 0.2) is 0 Å². The summed E-state index contributed by atoms with van der Waals surface area (Å²) in [6.07, 6.45) is 9.65. The quantitative estimate of drug-likeness (QED) is 0.843. The Balaban J connectivity index is 2.03. The number of hydrogen-bond acceptors (Lipinski definition) is 2. The lowest BCUT2D eigenvalue weighted by Gasteiger charge is -2.40. The van der Waals surface area contributed by atoms with Crippen molar-refractivity contribution >= 4 is 0 Å². The third-order valence-electron chi connectivity index (χ3n) is 4.17. The molecule has 2 heteroatoms. The molecule has 0 spiro atoms. The second kappa shape index (κ2) is 5.05. The van der Waals surface area contributed by atoms with E-state index in [9.17, 15) is 0 Å². The van der Waals surface area contributed by atoms with E-state index in [1.54, 1.807) is 6.26 Å². The van der Waals surface area contributed by atoms with Crippen molar-refractivity contribution < 1.29 is 4.42 Å². The lowest BCUT2D eigenvalue weighted by Crippen LogP contribution is -2.44. The van der Waals surface area contributed by atoms with Crippen LogP contribution in [0.5, 0.6) is 0 Å². The van der Waals surface area contributed by atoms with E-state index in [1.165, 1.54) is 32.1 Å². The first-order valence-electron chi connectivity index (χ1n) is 6.44. The molecule has 1 N–H and O–H groups in total. The first kappa shape index (κ1) is 11.7. The van der Waals surface area contributed by atoms with Crippen molar-refractivity contribution in [2.75, 3.05) is 7.05 Å². The minimum Gasteiger partial charge on any atom is -0.469 e. The van der Waals surface area contributed by atoms with Gasteiger partial charge in [-0.1, -0.05) is 26.2 Å². The van der Waals surface area contributed by atoms with Crippen LogP contribution in [-0.4, -0.2) is 13.1 Å². The zero-order chi connectivity index (χ0) is 11.4. The minimum absolute atomic E-state index is 0.444. The van der Waals surface area contributed by atoms with Crippen molar-refractivity contribution in [1.82, 2.24) is 5.32 Å². The molecule has 1 unspecified atom stereocenters. The Labute approximate surface area is 98.4 Å². The molecular formula is C14H23NO. The Morgan fingerprint density at radius 2 is 2.12 bits per heavy atom. The number of rotatable bonds is 4. The fourth-order valence-electron chi connectivity index (χ4n) is 3.03. The first-order valence-corrected chi connectivity index (χ1v) is 6.44. The fraction of sp³-hybridized carbons (Fsp3) is 0.714. The molecule has 1 heterocycles. The third-order valence-corrected chi connectivity index (χ3v) is 4.17. The van der Waals surface area contributed by atoms with E-state index in [-0.39, 0.29) is 0 Å². The highest BCUT2D eigenvalue weighted by atomic mass is 16.3. The zero-order valence-corrected chi connectivity index (χ0v) is 10.5. The largest absolute Gasteiger partial charge is 0.469 e. The van der Waals surface area contributed by atoms with Gasteiger partial charge in [0.25, 0.3) is 0 Å². The molecule has 0 aromatic carbocycles. The van der Waals surface area contributed by atoms with Gasteiger partial charge in [0, 0.05) is 12.5 Å². The zero-order valence-electron chi connectivity index (χ0n) is 10.5. The molecule has 0 bridgehead atoms. The molecule has 0 radical (unpaired) electrons. The van der Waals surface area contributed by atoms with E-state index in [2.05, 4.69) is 25.4 Å². The molecule has 0 aliphatic heterocycles. The van der Waals surface area contributed by atoms with E-state index in [0.29, 0.717) is 11.5 Å². The minimum atomic E-state index is 0.444. The maximum Gasteiger partial charge on any atom is 0.105 e. The van der Waals surface area contributed by atoms with E-state index in [4.69, 9.17) is 4.42 Å². The van der Waals surface area contributed by atoms with Crippen LogP contribution in [0.1, 0.15) is 44.8 Å². The van der Waals surface area contributed by atoms with Gasteiger partial charge in [0.05, 0.1) is 6.26 Å². The molecule has 1 aliphatic rings. The average Bonchev–Trinajstić information content (AvgIpc) is 2.79. The monoisotopic (exact) mass is 221 g/mol. The highest BCUT2D eigenvalue weighted by Gasteiger charge is 2.34. The number of nitrogens with one attached hydrogen (secondary N) is 1. The van der Waals surface area contributed by atoms with Crippen LogP contribution in [-0.2, 0) is 6.42 Å². The molecule has 1 aromatic rings. The van der Waals surface area contributed by atoms with E-state index in [0.717, 1.165) is 12.2 Å². The van der Waals surface area contributed by atoms with Crippen LogP contribution in [0.2, 0.25) is 0 Å². The van der Waals surface area contributed by atoms with Crippen LogP contribution in [0, 0.1) is 5.41 Å². The van der Waals surface area contributed by atoms with Crippen molar-refractivity contribution in [2.45, 2.75) is 51.5 Å². The topological polar surface area (TPSA) is 25.2 Å². The number of hydrogen-bond donors (Lipinski definition) is 1. The smallest absolute Gasteiger partial charge is 0.105 e. The van der Waals surface area contributed by atoms with Crippen LogP contribution in [0.3, 0.4) is 0 Å². The summed E-state index contributed by atoms with van der Waals surface area (Å²) in [5, 5.41) is 3.49. The number of furan rings is 1. The molecule has 1 fully saturated rings. The Kier molecular flexibility index (Phi) is 3.70. The van der Waals surface area contributed by atoms with Gasteiger partial charge in [-0.25, -0.2) is 0 Å². The Bertz CT molecular complexity index is 299. The van der Waals surface area contributed by atoms with Crippen LogP contribution in [0.15, 0.2) is 22.8 Å². The molecule has 1 aromatic heterocycles. The highest BCUT2D eigenvalue weighted by molar-refractivity contribution is 5.03. The van der Waals surface area contributed by atoms with Gasteiger partial charge in [-0.2, -0.15) is 0 Å². The summed E-state index contributed by atoms with van der Waals surface area (Å²) >= 11 is 0. The molecule has 16 heavy (non-hydrogen) atoms. The van der Waals surface area contributed by atoms with Crippen molar-refractivity contribution in [3.05, 3.63) is 24.2 Å². The van der Waals surface area contributed by atoms with Crippen molar-refractivity contribution in [1.29, 1.82) is 0 Å². The van der Waals surface area contributed by atoms with Crippen LogP contribution in [0.4, 0.5) is 0 Å². The van der Waals surface area contributed by atoms with E-state index >= 15 is 0 Å². The summed E-state index contributed by atoms with van der Waals surface area (Å²) in [5.41, 5.74) is 0.444. The molecule has 90 valence electrons. The molecule has 2 nitrogen and oxygen atoms in total. The summed E-state index contributed by atoms with van der Waals surface area (Å²) in [6.45, 7) is 2.43. The summed E-state index contributed by atoms with van der Waals surface area (Å²) in [6, 6.07) is 4.60. The van der Waals surface area contributed by atoms with Gasteiger partial charge in [-0.15, -0.1) is 0 Å². The molecule has 1 aliphatic carbocycles. The molecule has 0 amide bonds. The molecule has 1 saturated carbocycles. The number of likely N-dealkylation sites (N-methyl/N-ethyl adjacent to an activating group) is 1. The Morgan fingerprint density at radius 1 is 1.38 bits per heavy atom. The summed E-state index contributed by atoms with van der Waals surface area (Å²) < 4.78 is 5.46. The lowest BCUT2D eigenvalue weighted by molar-refractivity contribution is 0.145. The van der Waals surface area contributed by atoms with Gasteiger partial charge in [-0.3, -0.25) is 0 Å². The van der Waals surface area contributed by atoms with Crippen LogP contribution < -0.4 is 5.32 Å². The highest BCUT2D eigenvalue weighted by Crippen LogP contribution is 2.39. The standard InChI is InChI=1S/C14H23NO/c1-14(8-4-3-5-9-14)13(15-2)11-12-7-6-10-16-12/h6-7,10,13,15H,3-5,8-9,11H2,1-2H3. The van der Waals surface area contributed by atoms with Gasteiger partial charge in [0.1, 0.15) is 5.76 Å². The van der Waals surface area contributed by atoms with E-state index in [1.807, 2.05) is 6.07 Å². The predicted octanol–water partition coefficient (Wildman–Crippen LogP) is 3.38. The molecule has 0 saturated heterocycles. The second-order valence-corrected chi connectivity index (χ2v) is 5.34. The van der Waals surface area contributed by atoms with Crippen molar-refractivity contribution in [3.63, 3.8) is 0 Å². The van der Waals surface area contributed by atoms with E-state index < -0.39 is 0 Å². The Morgan fingerprint density at radius 3 is 2.69 bits per heavy atom. The second-order valence-electron chi connectivity index (χ2n) is 5.34.